The van der Waals surface area contributed by atoms with Crippen LogP contribution in [0, 0.1) is 0 Å². The van der Waals surface area contributed by atoms with E-state index in [1.165, 1.54) is 33.7 Å². The molecule has 0 bridgehead atoms. The van der Waals surface area contributed by atoms with Crippen LogP contribution in [0.4, 0.5) is 0 Å². The Morgan fingerprint density at radius 3 is 3.18 bits per heavy atom. The summed E-state index contributed by atoms with van der Waals surface area (Å²) in [7, 11) is 0. The quantitative estimate of drug-likeness (QED) is 0.780. The lowest BCUT2D eigenvalue weighted by Crippen LogP contribution is -2.16. The molecule has 2 rings (SSSR count). The molecule has 1 unspecified atom stereocenters. The highest BCUT2D eigenvalue weighted by Gasteiger charge is 2.06. The second-order valence-electron chi connectivity index (χ2n) is 3.37. The molecule has 0 fully saturated rings. The van der Waals surface area contributed by atoms with Crippen LogP contribution in [0.25, 0.3) is 4.96 Å². The fourth-order valence-electron chi connectivity index (χ4n) is 1.23. The molecule has 0 radical (unpaired) electrons. The van der Waals surface area contributed by atoms with E-state index in [1.54, 1.807) is 5.51 Å². The third kappa shape index (κ3) is 3.03. The lowest BCUT2D eigenvalue weighted by atomic mass is 10.4. The Hall–Kier alpha value is -0.960. The standard InChI is InChI=1S/C9H11N3O3S2/c13-2-7(14)4-16-3-6-1-8(15)12-9(11-6)17-5-10-12/h1,5,7,13-14H,2-4H2. The van der Waals surface area contributed by atoms with Gasteiger partial charge in [-0.15, -0.1) is 0 Å². The molecule has 17 heavy (non-hydrogen) atoms. The normalized spacial score (nSPS) is 13.1. The maximum Gasteiger partial charge on any atom is 0.275 e. The first kappa shape index (κ1) is 12.5. The number of aliphatic hydroxyl groups is 2. The summed E-state index contributed by atoms with van der Waals surface area (Å²) in [5.41, 5.74) is 2.03. The Bertz CT molecular complexity index is 554. The second-order valence-corrected chi connectivity index (χ2v) is 5.21. The molecule has 0 saturated heterocycles. The molecule has 0 amide bonds. The van der Waals surface area contributed by atoms with Gasteiger partial charge in [0.25, 0.3) is 5.56 Å². The van der Waals surface area contributed by atoms with Gasteiger partial charge in [-0.3, -0.25) is 4.79 Å². The van der Waals surface area contributed by atoms with Crippen molar-refractivity contribution in [2.75, 3.05) is 12.4 Å². The maximum atomic E-state index is 11.6. The van der Waals surface area contributed by atoms with Crippen LogP contribution in [0.1, 0.15) is 5.69 Å². The van der Waals surface area contributed by atoms with Gasteiger partial charge < -0.3 is 10.2 Å². The third-order valence-electron chi connectivity index (χ3n) is 2.01. The largest absolute Gasteiger partial charge is 0.394 e. The van der Waals surface area contributed by atoms with Crippen molar-refractivity contribution in [3.8, 4) is 0 Å². The van der Waals surface area contributed by atoms with Crippen LogP contribution in [0.15, 0.2) is 16.4 Å². The first-order valence-corrected chi connectivity index (χ1v) is 6.93. The van der Waals surface area contributed by atoms with Gasteiger partial charge in [-0.1, -0.05) is 11.3 Å². The summed E-state index contributed by atoms with van der Waals surface area (Å²) in [5, 5.41) is 21.7. The van der Waals surface area contributed by atoms with Crippen molar-refractivity contribution in [3.63, 3.8) is 0 Å². The van der Waals surface area contributed by atoms with Gasteiger partial charge in [-0.05, 0) is 0 Å². The Balaban J connectivity index is 2.06. The first-order chi connectivity index (χ1) is 8.20. The smallest absolute Gasteiger partial charge is 0.275 e. The lowest BCUT2D eigenvalue weighted by molar-refractivity contribution is 0.113. The topological polar surface area (TPSA) is 87.7 Å². The van der Waals surface area contributed by atoms with E-state index in [1.807, 2.05) is 0 Å². The molecular weight excluding hydrogens is 262 g/mol. The van der Waals surface area contributed by atoms with Crippen LogP contribution in [0.2, 0.25) is 0 Å². The van der Waals surface area contributed by atoms with Crippen molar-refractivity contribution in [2.45, 2.75) is 11.9 Å². The average molecular weight is 273 g/mol. The second kappa shape index (κ2) is 5.58. The molecule has 2 aromatic heterocycles. The monoisotopic (exact) mass is 273 g/mol. The highest BCUT2D eigenvalue weighted by atomic mass is 32.2. The van der Waals surface area contributed by atoms with Crippen LogP contribution in [-0.2, 0) is 5.75 Å². The van der Waals surface area contributed by atoms with Crippen molar-refractivity contribution >= 4 is 28.1 Å². The van der Waals surface area contributed by atoms with Gasteiger partial charge >= 0.3 is 0 Å². The molecule has 2 aromatic rings. The minimum atomic E-state index is -0.728. The van der Waals surface area contributed by atoms with E-state index >= 15 is 0 Å². The van der Waals surface area contributed by atoms with Gasteiger partial charge in [-0.25, -0.2) is 4.98 Å². The van der Waals surface area contributed by atoms with Gasteiger partial charge in [0.2, 0.25) is 4.96 Å². The highest BCUT2D eigenvalue weighted by Crippen LogP contribution is 2.12. The Morgan fingerprint density at radius 1 is 1.59 bits per heavy atom. The van der Waals surface area contributed by atoms with E-state index < -0.39 is 6.10 Å². The SMILES string of the molecule is O=c1cc(CSCC(O)CO)nc2scnn12. The molecule has 1 atom stereocenters. The lowest BCUT2D eigenvalue weighted by Gasteiger charge is -2.05. The molecular formula is C9H11N3O3S2. The molecule has 0 aliphatic carbocycles. The minimum absolute atomic E-state index is 0.199. The average Bonchev–Trinajstić information content (AvgIpc) is 2.77. The van der Waals surface area contributed by atoms with Crippen LogP contribution in [-0.4, -0.2) is 43.3 Å². The van der Waals surface area contributed by atoms with Crippen LogP contribution < -0.4 is 5.56 Å². The molecule has 0 aromatic carbocycles. The van der Waals surface area contributed by atoms with Crippen molar-refractivity contribution in [2.24, 2.45) is 0 Å². The summed E-state index contributed by atoms with van der Waals surface area (Å²) in [4.78, 5) is 16.4. The first-order valence-electron chi connectivity index (χ1n) is 4.90. The number of hydrogen-bond acceptors (Lipinski definition) is 7. The molecule has 2 N–H and O–H groups in total. The van der Waals surface area contributed by atoms with Gasteiger partial charge in [0.15, 0.2) is 0 Å². The molecule has 0 aliphatic rings. The molecule has 8 heteroatoms. The van der Waals surface area contributed by atoms with Crippen molar-refractivity contribution in [3.05, 3.63) is 27.6 Å². The molecule has 6 nitrogen and oxygen atoms in total. The van der Waals surface area contributed by atoms with Crippen molar-refractivity contribution in [1.82, 2.24) is 14.6 Å². The summed E-state index contributed by atoms with van der Waals surface area (Å²) in [6, 6.07) is 1.44. The summed E-state index contributed by atoms with van der Waals surface area (Å²) in [6.07, 6.45) is -0.728. The molecule has 0 saturated carbocycles. The minimum Gasteiger partial charge on any atom is -0.394 e. The van der Waals surface area contributed by atoms with E-state index in [0.29, 0.717) is 22.2 Å². The van der Waals surface area contributed by atoms with Crippen molar-refractivity contribution in [1.29, 1.82) is 0 Å². The van der Waals surface area contributed by atoms with E-state index in [4.69, 9.17) is 10.2 Å². The number of aromatic nitrogens is 3. The van der Waals surface area contributed by atoms with Gasteiger partial charge in [0.1, 0.15) is 5.51 Å². The highest BCUT2D eigenvalue weighted by molar-refractivity contribution is 7.98. The zero-order valence-electron chi connectivity index (χ0n) is 8.81. The number of fused-ring (bicyclic) bond motifs is 1. The van der Waals surface area contributed by atoms with E-state index in [-0.39, 0.29) is 12.2 Å². The molecule has 92 valence electrons. The molecule has 2 heterocycles. The molecule has 0 aliphatic heterocycles. The maximum absolute atomic E-state index is 11.6. The predicted octanol–water partition coefficient (Wildman–Crippen LogP) is -0.263. The predicted molar refractivity (Wildman–Crippen MR) is 66.4 cm³/mol. The van der Waals surface area contributed by atoms with Crippen LogP contribution in [0.3, 0.4) is 0 Å². The number of nitrogens with zero attached hydrogens (tertiary/aromatic N) is 3. The third-order valence-corrected chi connectivity index (χ3v) is 3.81. The number of aliphatic hydroxyl groups excluding tert-OH is 2. The Morgan fingerprint density at radius 2 is 2.41 bits per heavy atom. The van der Waals surface area contributed by atoms with Gasteiger partial charge in [-0.2, -0.15) is 21.4 Å². The number of hydrogen-bond donors (Lipinski definition) is 2. The number of thioether (sulfide) groups is 1. The van der Waals surface area contributed by atoms with Crippen molar-refractivity contribution < 1.29 is 10.2 Å². The Labute approximate surface area is 105 Å². The van der Waals surface area contributed by atoms with E-state index in [2.05, 4.69) is 10.1 Å². The van der Waals surface area contributed by atoms with Crippen LogP contribution >= 0.6 is 23.1 Å². The van der Waals surface area contributed by atoms with E-state index in [9.17, 15) is 4.79 Å². The van der Waals surface area contributed by atoms with Gasteiger partial charge in [0, 0.05) is 17.6 Å². The van der Waals surface area contributed by atoms with Crippen LogP contribution in [0.5, 0.6) is 0 Å². The summed E-state index contributed by atoms with van der Waals surface area (Å²) in [6.45, 7) is -0.253. The fraction of sp³-hybridized carbons (Fsp3) is 0.444. The summed E-state index contributed by atoms with van der Waals surface area (Å²) < 4.78 is 1.25. The molecule has 0 spiro atoms. The van der Waals surface area contributed by atoms with E-state index in [0.717, 1.165) is 0 Å². The summed E-state index contributed by atoms with van der Waals surface area (Å²) >= 11 is 2.72. The zero-order chi connectivity index (χ0) is 12.3. The Kier molecular flexibility index (Phi) is 4.11. The van der Waals surface area contributed by atoms with Gasteiger partial charge in [0.05, 0.1) is 18.4 Å². The zero-order valence-corrected chi connectivity index (χ0v) is 10.4. The summed E-state index contributed by atoms with van der Waals surface area (Å²) in [5.74, 6) is 0.945. The number of rotatable bonds is 5. The fourth-order valence-corrected chi connectivity index (χ4v) is 2.72.